The third-order valence-electron chi connectivity index (χ3n) is 4.21. The van der Waals surface area contributed by atoms with Crippen LogP contribution in [0.1, 0.15) is 76.5 Å². The van der Waals surface area contributed by atoms with Crippen LogP contribution in [-0.4, -0.2) is 11.5 Å². The summed E-state index contributed by atoms with van der Waals surface area (Å²) in [5.74, 6) is 0.823. The maximum absolute atomic E-state index is 4.33. The number of hydrogen-bond acceptors (Lipinski definition) is 2. The van der Waals surface area contributed by atoms with Gasteiger partial charge in [0.1, 0.15) is 0 Å². The van der Waals surface area contributed by atoms with Gasteiger partial charge in [-0.1, -0.05) is 46.5 Å². The molecule has 1 rings (SSSR count). The molecule has 0 saturated carbocycles. The Hall–Kier alpha value is -0.890. The predicted molar refractivity (Wildman–Crippen MR) is 87.9 cm³/mol. The summed E-state index contributed by atoms with van der Waals surface area (Å²) in [6, 6.07) is 2.59. The van der Waals surface area contributed by atoms with Gasteiger partial charge in [-0.25, -0.2) is 0 Å². The van der Waals surface area contributed by atoms with E-state index in [-0.39, 0.29) is 0 Å². The Morgan fingerprint density at radius 3 is 2.60 bits per heavy atom. The highest BCUT2D eigenvalue weighted by Gasteiger charge is 2.18. The van der Waals surface area contributed by atoms with Crippen LogP contribution >= 0.6 is 0 Å². The van der Waals surface area contributed by atoms with Gasteiger partial charge >= 0.3 is 0 Å². The summed E-state index contributed by atoms with van der Waals surface area (Å²) in [7, 11) is 0. The summed E-state index contributed by atoms with van der Waals surface area (Å²) in [5, 5.41) is 3.73. The second kappa shape index (κ2) is 9.93. The largest absolute Gasteiger partial charge is 0.310 e. The minimum atomic E-state index is 0.463. The fourth-order valence-electron chi connectivity index (χ4n) is 2.79. The number of hydrogen-bond donors (Lipinski definition) is 1. The Morgan fingerprint density at radius 2 is 2.00 bits per heavy atom. The van der Waals surface area contributed by atoms with E-state index in [9.17, 15) is 0 Å². The molecule has 0 amide bonds. The van der Waals surface area contributed by atoms with E-state index in [1.54, 1.807) is 0 Å². The highest BCUT2D eigenvalue weighted by atomic mass is 14.9. The summed E-state index contributed by atoms with van der Waals surface area (Å²) in [6.45, 7) is 10.1. The van der Waals surface area contributed by atoms with Gasteiger partial charge in [0.25, 0.3) is 0 Å². The number of aryl methyl sites for hydroxylation is 1. The van der Waals surface area contributed by atoms with E-state index in [0.29, 0.717) is 6.04 Å². The zero-order valence-corrected chi connectivity index (χ0v) is 13.8. The van der Waals surface area contributed by atoms with Gasteiger partial charge < -0.3 is 5.32 Å². The van der Waals surface area contributed by atoms with Crippen molar-refractivity contribution < 1.29 is 0 Å². The molecule has 0 fully saturated rings. The van der Waals surface area contributed by atoms with Gasteiger partial charge in [-0.15, -0.1) is 0 Å². The predicted octanol–water partition coefficient (Wildman–Crippen LogP) is 5.04. The minimum Gasteiger partial charge on any atom is -0.310 e. The third-order valence-corrected chi connectivity index (χ3v) is 4.21. The Balaban J connectivity index is 2.75. The van der Waals surface area contributed by atoms with E-state index in [4.69, 9.17) is 0 Å². The van der Waals surface area contributed by atoms with Gasteiger partial charge in [0.2, 0.25) is 0 Å². The molecule has 2 heteroatoms. The lowest BCUT2D eigenvalue weighted by Crippen LogP contribution is -2.25. The molecular formula is C18H32N2. The maximum atomic E-state index is 4.33. The average molecular weight is 276 g/mol. The topological polar surface area (TPSA) is 24.9 Å². The van der Waals surface area contributed by atoms with E-state index in [2.05, 4.69) is 50.3 Å². The molecule has 1 aromatic heterocycles. The van der Waals surface area contributed by atoms with Crippen LogP contribution in [0.4, 0.5) is 0 Å². The fourth-order valence-corrected chi connectivity index (χ4v) is 2.79. The number of aromatic nitrogens is 1. The molecule has 1 heterocycles. The van der Waals surface area contributed by atoms with Crippen molar-refractivity contribution in [3.05, 3.63) is 29.6 Å². The Morgan fingerprint density at radius 1 is 1.20 bits per heavy atom. The molecule has 2 atom stereocenters. The second-order valence-corrected chi connectivity index (χ2v) is 5.89. The van der Waals surface area contributed by atoms with Gasteiger partial charge in [-0.3, -0.25) is 4.98 Å². The molecule has 0 aromatic carbocycles. The number of unbranched alkanes of at least 4 members (excludes halogenated alkanes) is 1. The summed E-state index contributed by atoms with van der Waals surface area (Å²) in [5.41, 5.74) is 2.75. The molecule has 2 unspecified atom stereocenters. The molecule has 2 nitrogen and oxygen atoms in total. The normalized spacial score (nSPS) is 14.2. The van der Waals surface area contributed by atoms with Crippen LogP contribution in [0.25, 0.3) is 0 Å². The molecule has 0 spiro atoms. The number of nitrogens with zero attached hydrogens (tertiary/aromatic N) is 1. The van der Waals surface area contributed by atoms with Gasteiger partial charge in [0.15, 0.2) is 0 Å². The SMILES string of the molecule is CCCCC(CC)CC(NCCC)c1cnccc1C. The summed E-state index contributed by atoms with van der Waals surface area (Å²) in [4.78, 5) is 4.33. The van der Waals surface area contributed by atoms with E-state index in [1.165, 1.54) is 49.7 Å². The van der Waals surface area contributed by atoms with Crippen molar-refractivity contribution in [2.75, 3.05) is 6.54 Å². The molecule has 1 aromatic rings. The number of rotatable bonds is 10. The van der Waals surface area contributed by atoms with Crippen molar-refractivity contribution in [1.82, 2.24) is 10.3 Å². The maximum Gasteiger partial charge on any atom is 0.0340 e. The Labute approximate surface area is 125 Å². The van der Waals surface area contributed by atoms with Crippen molar-refractivity contribution >= 4 is 0 Å². The van der Waals surface area contributed by atoms with Crippen LogP contribution in [0, 0.1) is 12.8 Å². The molecule has 0 aliphatic rings. The zero-order valence-electron chi connectivity index (χ0n) is 13.8. The Bertz CT molecular complexity index is 362. The molecule has 0 saturated heterocycles. The first-order valence-corrected chi connectivity index (χ1v) is 8.36. The van der Waals surface area contributed by atoms with E-state index < -0.39 is 0 Å². The molecule has 0 radical (unpaired) electrons. The molecular weight excluding hydrogens is 244 g/mol. The molecule has 0 bridgehead atoms. The van der Waals surface area contributed by atoms with Crippen LogP contribution in [0.2, 0.25) is 0 Å². The summed E-state index contributed by atoms with van der Waals surface area (Å²) >= 11 is 0. The molecule has 114 valence electrons. The van der Waals surface area contributed by atoms with Crippen molar-refractivity contribution in [2.24, 2.45) is 5.92 Å². The number of nitrogens with one attached hydrogen (secondary N) is 1. The number of pyridine rings is 1. The first-order chi connectivity index (χ1) is 9.72. The molecule has 1 N–H and O–H groups in total. The van der Waals surface area contributed by atoms with Crippen molar-refractivity contribution in [3.63, 3.8) is 0 Å². The fraction of sp³-hybridized carbons (Fsp3) is 0.722. The van der Waals surface area contributed by atoms with Crippen LogP contribution in [0.3, 0.4) is 0 Å². The first kappa shape index (κ1) is 17.2. The third kappa shape index (κ3) is 5.62. The van der Waals surface area contributed by atoms with E-state index in [1.807, 2.05) is 6.20 Å². The zero-order chi connectivity index (χ0) is 14.8. The lowest BCUT2D eigenvalue weighted by Gasteiger charge is -2.25. The van der Waals surface area contributed by atoms with Crippen LogP contribution in [0.15, 0.2) is 18.5 Å². The van der Waals surface area contributed by atoms with Gasteiger partial charge in [-0.2, -0.15) is 0 Å². The van der Waals surface area contributed by atoms with Crippen molar-refractivity contribution in [3.8, 4) is 0 Å². The smallest absolute Gasteiger partial charge is 0.0340 e. The lowest BCUT2D eigenvalue weighted by atomic mass is 9.88. The van der Waals surface area contributed by atoms with Crippen LogP contribution in [0.5, 0.6) is 0 Å². The molecule has 0 aliphatic heterocycles. The molecule has 20 heavy (non-hydrogen) atoms. The van der Waals surface area contributed by atoms with E-state index >= 15 is 0 Å². The van der Waals surface area contributed by atoms with Gasteiger partial charge in [0, 0.05) is 18.4 Å². The van der Waals surface area contributed by atoms with Gasteiger partial charge in [-0.05, 0) is 49.4 Å². The quantitative estimate of drug-likeness (QED) is 0.648. The highest BCUT2D eigenvalue weighted by molar-refractivity contribution is 5.25. The van der Waals surface area contributed by atoms with E-state index in [0.717, 1.165) is 12.5 Å². The average Bonchev–Trinajstić information content (AvgIpc) is 2.47. The Kier molecular flexibility index (Phi) is 8.52. The highest BCUT2D eigenvalue weighted by Crippen LogP contribution is 2.28. The summed E-state index contributed by atoms with van der Waals surface area (Å²) < 4.78 is 0. The van der Waals surface area contributed by atoms with Crippen LogP contribution < -0.4 is 5.32 Å². The summed E-state index contributed by atoms with van der Waals surface area (Å²) in [6.07, 6.45) is 11.7. The monoisotopic (exact) mass is 276 g/mol. The van der Waals surface area contributed by atoms with Crippen molar-refractivity contribution in [2.45, 2.75) is 72.3 Å². The van der Waals surface area contributed by atoms with Gasteiger partial charge in [0.05, 0.1) is 0 Å². The van der Waals surface area contributed by atoms with Crippen molar-refractivity contribution in [1.29, 1.82) is 0 Å². The standard InChI is InChI=1S/C18H32N2/c1-5-8-9-16(7-3)13-18(20-11-6-2)17-14-19-12-10-15(17)4/h10,12,14,16,18,20H,5-9,11,13H2,1-4H3. The second-order valence-electron chi connectivity index (χ2n) is 5.89. The minimum absolute atomic E-state index is 0.463. The van der Waals surface area contributed by atoms with Crippen LogP contribution in [-0.2, 0) is 0 Å². The first-order valence-electron chi connectivity index (χ1n) is 8.36. The lowest BCUT2D eigenvalue weighted by molar-refractivity contribution is 0.352. The molecule has 0 aliphatic carbocycles.